The summed E-state index contributed by atoms with van der Waals surface area (Å²) in [5.41, 5.74) is 6.79. The van der Waals surface area contributed by atoms with E-state index in [9.17, 15) is 0 Å². The van der Waals surface area contributed by atoms with Crippen molar-refractivity contribution in [2.24, 2.45) is 9.98 Å². The van der Waals surface area contributed by atoms with Crippen LogP contribution >= 0.6 is 23.2 Å². The fourth-order valence-corrected chi connectivity index (χ4v) is 3.27. The summed E-state index contributed by atoms with van der Waals surface area (Å²) in [5, 5.41) is 1.25. The van der Waals surface area contributed by atoms with Gasteiger partial charge in [-0.15, -0.1) is 0 Å². The molecule has 142 valence electrons. The molecule has 0 aliphatic rings. The minimum Gasteiger partial charge on any atom is -0.250 e. The molecule has 0 fully saturated rings. The zero-order chi connectivity index (χ0) is 20.3. The second-order valence-electron chi connectivity index (χ2n) is 6.71. The van der Waals surface area contributed by atoms with Gasteiger partial charge in [-0.2, -0.15) is 0 Å². The molecule has 3 aromatic rings. The zero-order valence-electron chi connectivity index (χ0n) is 16.3. The van der Waals surface area contributed by atoms with Crippen LogP contribution in [-0.2, 0) is 0 Å². The van der Waals surface area contributed by atoms with Gasteiger partial charge >= 0.3 is 0 Å². The van der Waals surface area contributed by atoms with Gasteiger partial charge in [0.05, 0.1) is 44.2 Å². The van der Waals surface area contributed by atoms with Gasteiger partial charge in [-0.25, -0.2) is 15.0 Å². The Morgan fingerprint density at radius 3 is 1.54 bits per heavy atom. The van der Waals surface area contributed by atoms with E-state index < -0.39 is 0 Å². The highest BCUT2D eigenvalue weighted by atomic mass is 35.5. The SMILES string of the molecule is C/C(=N\c1ccc(C)cc1Cl)c1cccc(/C(C)=N/c2ccc(C)cc2Cl)n1. The molecular formula is C23H21Cl2N3. The van der Waals surface area contributed by atoms with Gasteiger partial charge in [0.1, 0.15) is 0 Å². The highest BCUT2D eigenvalue weighted by molar-refractivity contribution is 6.33. The number of halogens is 2. The second-order valence-corrected chi connectivity index (χ2v) is 7.53. The summed E-state index contributed by atoms with van der Waals surface area (Å²) in [4.78, 5) is 14.0. The number of aryl methyl sites for hydroxylation is 2. The molecule has 0 bridgehead atoms. The van der Waals surface area contributed by atoms with Crippen LogP contribution in [0.2, 0.25) is 10.0 Å². The largest absolute Gasteiger partial charge is 0.250 e. The molecule has 0 atom stereocenters. The summed E-state index contributed by atoms with van der Waals surface area (Å²) >= 11 is 12.6. The molecule has 1 aromatic heterocycles. The summed E-state index contributed by atoms with van der Waals surface area (Å²) in [6.45, 7) is 7.84. The molecule has 0 spiro atoms. The molecule has 0 radical (unpaired) electrons. The highest BCUT2D eigenvalue weighted by Gasteiger charge is 2.07. The monoisotopic (exact) mass is 409 g/mol. The van der Waals surface area contributed by atoms with Crippen LogP contribution in [0.4, 0.5) is 11.4 Å². The molecule has 3 rings (SSSR count). The van der Waals surface area contributed by atoms with Crippen LogP contribution in [0, 0.1) is 13.8 Å². The molecule has 0 aliphatic heterocycles. The van der Waals surface area contributed by atoms with Crippen molar-refractivity contribution in [1.29, 1.82) is 0 Å². The first-order valence-electron chi connectivity index (χ1n) is 8.94. The van der Waals surface area contributed by atoms with E-state index in [4.69, 9.17) is 28.2 Å². The van der Waals surface area contributed by atoms with Crippen molar-refractivity contribution >= 4 is 46.0 Å². The van der Waals surface area contributed by atoms with Crippen molar-refractivity contribution in [2.45, 2.75) is 27.7 Å². The number of benzene rings is 2. The van der Waals surface area contributed by atoms with Gasteiger partial charge < -0.3 is 0 Å². The molecule has 0 amide bonds. The first-order chi connectivity index (χ1) is 13.3. The van der Waals surface area contributed by atoms with Crippen LogP contribution < -0.4 is 0 Å². The standard InChI is InChI=1S/C23H21Cl2N3/c1-14-8-10-22(18(24)12-14)26-16(3)20-6-5-7-21(28-20)17(4)27-23-11-9-15(2)13-19(23)25/h5-13H,1-4H3/b26-16+,27-17+. The lowest BCUT2D eigenvalue weighted by atomic mass is 10.2. The Kier molecular flexibility index (Phi) is 6.28. The molecule has 0 saturated carbocycles. The average Bonchev–Trinajstić information content (AvgIpc) is 2.66. The molecule has 2 aromatic carbocycles. The maximum absolute atomic E-state index is 6.30. The first kappa shape index (κ1) is 20.2. The molecule has 5 heteroatoms. The first-order valence-corrected chi connectivity index (χ1v) is 9.70. The van der Waals surface area contributed by atoms with Gasteiger partial charge in [0, 0.05) is 0 Å². The van der Waals surface area contributed by atoms with Crippen LogP contribution in [0.1, 0.15) is 36.4 Å². The minimum atomic E-state index is 0.627. The van der Waals surface area contributed by atoms with Gasteiger partial charge in [-0.05, 0) is 75.2 Å². The fourth-order valence-electron chi connectivity index (χ4n) is 2.72. The van der Waals surface area contributed by atoms with E-state index in [0.29, 0.717) is 10.0 Å². The van der Waals surface area contributed by atoms with E-state index in [0.717, 1.165) is 45.3 Å². The number of rotatable bonds is 4. The number of aliphatic imine (C=N–C) groups is 2. The molecule has 0 N–H and O–H groups in total. The van der Waals surface area contributed by atoms with E-state index in [2.05, 4.69) is 9.98 Å². The molecule has 0 unspecified atom stereocenters. The summed E-state index contributed by atoms with van der Waals surface area (Å²) in [7, 11) is 0. The lowest BCUT2D eigenvalue weighted by Gasteiger charge is -2.07. The number of pyridine rings is 1. The van der Waals surface area contributed by atoms with Crippen LogP contribution in [-0.4, -0.2) is 16.4 Å². The van der Waals surface area contributed by atoms with Gasteiger partial charge in [-0.3, -0.25) is 0 Å². The maximum atomic E-state index is 6.30. The predicted octanol–water partition coefficient (Wildman–Crippen LogP) is 7.29. The van der Waals surface area contributed by atoms with Crippen LogP contribution in [0.3, 0.4) is 0 Å². The normalized spacial score (nSPS) is 12.4. The molecule has 3 nitrogen and oxygen atoms in total. The third-order valence-electron chi connectivity index (χ3n) is 4.27. The molecule has 28 heavy (non-hydrogen) atoms. The predicted molar refractivity (Wildman–Crippen MR) is 120 cm³/mol. The smallest absolute Gasteiger partial charge is 0.0849 e. The third-order valence-corrected chi connectivity index (χ3v) is 4.88. The Bertz CT molecular complexity index is 1000. The Morgan fingerprint density at radius 2 is 1.14 bits per heavy atom. The molecule has 0 aliphatic carbocycles. The van der Waals surface area contributed by atoms with E-state index in [-0.39, 0.29) is 0 Å². The van der Waals surface area contributed by atoms with Crippen molar-refractivity contribution in [1.82, 2.24) is 4.98 Å². The molecule has 1 heterocycles. The van der Waals surface area contributed by atoms with Crippen molar-refractivity contribution in [3.05, 3.63) is 87.2 Å². The third kappa shape index (κ3) is 4.86. The van der Waals surface area contributed by atoms with Gasteiger partial charge in [0.25, 0.3) is 0 Å². The topological polar surface area (TPSA) is 37.6 Å². The summed E-state index contributed by atoms with van der Waals surface area (Å²) < 4.78 is 0. The van der Waals surface area contributed by atoms with Gasteiger partial charge in [0.2, 0.25) is 0 Å². The van der Waals surface area contributed by atoms with E-state index >= 15 is 0 Å². The van der Waals surface area contributed by atoms with Crippen LogP contribution in [0.15, 0.2) is 64.6 Å². The Hall–Kier alpha value is -2.49. The Balaban J connectivity index is 1.93. The van der Waals surface area contributed by atoms with E-state index in [1.165, 1.54) is 0 Å². The number of aromatic nitrogens is 1. The van der Waals surface area contributed by atoms with Crippen molar-refractivity contribution in [3.8, 4) is 0 Å². The fraction of sp³-hybridized carbons (Fsp3) is 0.174. The molecular weight excluding hydrogens is 389 g/mol. The van der Waals surface area contributed by atoms with Crippen LogP contribution in [0.5, 0.6) is 0 Å². The van der Waals surface area contributed by atoms with Crippen molar-refractivity contribution < 1.29 is 0 Å². The Morgan fingerprint density at radius 1 is 0.714 bits per heavy atom. The minimum absolute atomic E-state index is 0.627. The van der Waals surface area contributed by atoms with Crippen molar-refractivity contribution in [2.75, 3.05) is 0 Å². The lowest BCUT2D eigenvalue weighted by molar-refractivity contribution is 1.24. The van der Waals surface area contributed by atoms with E-state index in [1.54, 1.807) is 0 Å². The summed E-state index contributed by atoms with van der Waals surface area (Å²) in [5.74, 6) is 0. The second kappa shape index (κ2) is 8.68. The van der Waals surface area contributed by atoms with Gasteiger partial charge in [0.15, 0.2) is 0 Å². The molecule has 0 saturated heterocycles. The number of nitrogens with zero attached hydrogens (tertiary/aromatic N) is 3. The van der Waals surface area contributed by atoms with Crippen molar-refractivity contribution in [3.63, 3.8) is 0 Å². The Labute approximate surface area is 175 Å². The quantitative estimate of drug-likeness (QED) is 0.416. The lowest BCUT2D eigenvalue weighted by Crippen LogP contribution is -2.05. The summed E-state index contributed by atoms with van der Waals surface area (Å²) in [6.07, 6.45) is 0. The number of hydrogen-bond donors (Lipinski definition) is 0. The number of hydrogen-bond acceptors (Lipinski definition) is 3. The summed E-state index contributed by atoms with van der Waals surface area (Å²) in [6, 6.07) is 17.4. The van der Waals surface area contributed by atoms with Gasteiger partial charge in [-0.1, -0.05) is 41.4 Å². The van der Waals surface area contributed by atoms with Crippen LogP contribution in [0.25, 0.3) is 0 Å². The zero-order valence-corrected chi connectivity index (χ0v) is 17.8. The average molecular weight is 410 g/mol. The maximum Gasteiger partial charge on any atom is 0.0849 e. The van der Waals surface area contributed by atoms with E-state index in [1.807, 2.05) is 82.3 Å². The highest BCUT2D eigenvalue weighted by Crippen LogP contribution is 2.27.